The van der Waals surface area contributed by atoms with E-state index in [0.717, 1.165) is 12.8 Å². The number of rotatable bonds is 8. The van der Waals surface area contributed by atoms with Gasteiger partial charge in [0.2, 0.25) is 11.8 Å². The molecule has 0 saturated carbocycles. The SMILES string of the molecule is C=CCNC(=O)CC(C)=NNC(=O)CCCC. The van der Waals surface area contributed by atoms with Crippen LogP contribution >= 0.6 is 0 Å². The quantitative estimate of drug-likeness (QED) is 0.381. The Labute approximate surface area is 102 Å². The molecule has 0 heterocycles. The lowest BCUT2D eigenvalue weighted by atomic mass is 10.2. The summed E-state index contributed by atoms with van der Waals surface area (Å²) in [7, 11) is 0. The van der Waals surface area contributed by atoms with Gasteiger partial charge < -0.3 is 5.32 Å². The number of unbranched alkanes of at least 4 members (excludes halogenated alkanes) is 1. The minimum atomic E-state index is -0.131. The Hall–Kier alpha value is -1.65. The van der Waals surface area contributed by atoms with Gasteiger partial charge in [0.25, 0.3) is 0 Å². The van der Waals surface area contributed by atoms with E-state index in [2.05, 4.69) is 22.4 Å². The molecule has 0 aromatic rings. The normalized spacial score (nSPS) is 10.8. The van der Waals surface area contributed by atoms with E-state index >= 15 is 0 Å². The van der Waals surface area contributed by atoms with Crippen molar-refractivity contribution in [3.63, 3.8) is 0 Å². The first-order valence-corrected chi connectivity index (χ1v) is 5.79. The summed E-state index contributed by atoms with van der Waals surface area (Å²) >= 11 is 0. The number of amides is 2. The van der Waals surface area contributed by atoms with Crippen molar-refractivity contribution in [1.29, 1.82) is 0 Å². The zero-order valence-electron chi connectivity index (χ0n) is 10.6. The third-order valence-electron chi connectivity index (χ3n) is 1.99. The monoisotopic (exact) mass is 239 g/mol. The summed E-state index contributed by atoms with van der Waals surface area (Å²) in [4.78, 5) is 22.5. The fourth-order valence-electron chi connectivity index (χ4n) is 1.07. The van der Waals surface area contributed by atoms with E-state index in [1.807, 2.05) is 6.92 Å². The molecule has 0 aromatic heterocycles. The van der Waals surface area contributed by atoms with Crippen molar-refractivity contribution < 1.29 is 9.59 Å². The summed E-state index contributed by atoms with van der Waals surface area (Å²) in [6, 6.07) is 0. The second-order valence-corrected chi connectivity index (χ2v) is 3.76. The van der Waals surface area contributed by atoms with E-state index < -0.39 is 0 Å². The maximum absolute atomic E-state index is 11.3. The van der Waals surface area contributed by atoms with E-state index in [0.29, 0.717) is 18.7 Å². The zero-order valence-corrected chi connectivity index (χ0v) is 10.6. The number of carbonyl (C=O) groups excluding carboxylic acids is 2. The molecule has 0 aromatic carbocycles. The summed E-state index contributed by atoms with van der Waals surface area (Å²) in [5.74, 6) is -0.244. The van der Waals surface area contributed by atoms with Gasteiger partial charge in [-0.2, -0.15) is 5.10 Å². The Morgan fingerprint density at radius 1 is 1.35 bits per heavy atom. The van der Waals surface area contributed by atoms with E-state index in [-0.39, 0.29) is 18.2 Å². The fourth-order valence-corrected chi connectivity index (χ4v) is 1.07. The van der Waals surface area contributed by atoms with Gasteiger partial charge in [0.05, 0.1) is 6.42 Å². The topological polar surface area (TPSA) is 70.6 Å². The van der Waals surface area contributed by atoms with Crippen LogP contribution in [0, 0.1) is 0 Å². The summed E-state index contributed by atoms with van der Waals surface area (Å²) in [5, 5.41) is 6.49. The van der Waals surface area contributed by atoms with Crippen LogP contribution in [0.25, 0.3) is 0 Å². The maximum atomic E-state index is 11.3. The summed E-state index contributed by atoms with van der Waals surface area (Å²) < 4.78 is 0. The molecule has 0 atom stereocenters. The van der Waals surface area contributed by atoms with Crippen LogP contribution in [-0.2, 0) is 9.59 Å². The molecule has 0 fully saturated rings. The maximum Gasteiger partial charge on any atom is 0.240 e. The molecule has 2 N–H and O–H groups in total. The second-order valence-electron chi connectivity index (χ2n) is 3.76. The van der Waals surface area contributed by atoms with E-state index in [4.69, 9.17) is 0 Å². The number of hydrazone groups is 1. The lowest BCUT2D eigenvalue weighted by Crippen LogP contribution is -2.26. The van der Waals surface area contributed by atoms with Crippen molar-refractivity contribution in [3.05, 3.63) is 12.7 Å². The molecule has 5 nitrogen and oxygen atoms in total. The first-order chi connectivity index (χ1) is 8.10. The fraction of sp³-hybridized carbons (Fsp3) is 0.583. The Morgan fingerprint density at radius 3 is 2.65 bits per heavy atom. The number of nitrogens with zero attached hydrogens (tertiary/aromatic N) is 1. The first-order valence-electron chi connectivity index (χ1n) is 5.79. The third kappa shape index (κ3) is 9.29. The van der Waals surface area contributed by atoms with Gasteiger partial charge >= 0.3 is 0 Å². The Kier molecular flexibility index (Phi) is 8.64. The van der Waals surface area contributed by atoms with Crippen LogP contribution < -0.4 is 10.7 Å². The van der Waals surface area contributed by atoms with Crippen molar-refractivity contribution in [2.75, 3.05) is 6.54 Å². The lowest BCUT2D eigenvalue weighted by Gasteiger charge is -2.03. The Balaban J connectivity index is 3.88. The van der Waals surface area contributed by atoms with Gasteiger partial charge in [-0.25, -0.2) is 5.43 Å². The molecule has 96 valence electrons. The van der Waals surface area contributed by atoms with Crippen LogP contribution in [0.2, 0.25) is 0 Å². The van der Waals surface area contributed by atoms with Gasteiger partial charge in [-0.3, -0.25) is 9.59 Å². The minimum Gasteiger partial charge on any atom is -0.352 e. The zero-order chi connectivity index (χ0) is 13.1. The molecule has 17 heavy (non-hydrogen) atoms. The van der Waals surface area contributed by atoms with Crippen LogP contribution in [0.15, 0.2) is 17.8 Å². The molecule has 0 spiro atoms. The van der Waals surface area contributed by atoms with Crippen LogP contribution in [0.5, 0.6) is 0 Å². The average Bonchev–Trinajstić information content (AvgIpc) is 2.31. The lowest BCUT2D eigenvalue weighted by molar-refractivity contribution is -0.121. The second kappa shape index (κ2) is 9.57. The number of nitrogens with one attached hydrogen (secondary N) is 2. The predicted octanol–water partition coefficient (Wildman–Crippen LogP) is 1.36. The highest BCUT2D eigenvalue weighted by atomic mass is 16.2. The summed E-state index contributed by atoms with van der Waals surface area (Å²) in [5.41, 5.74) is 3.01. The Morgan fingerprint density at radius 2 is 2.06 bits per heavy atom. The van der Waals surface area contributed by atoms with E-state index in [9.17, 15) is 9.59 Å². The average molecular weight is 239 g/mol. The van der Waals surface area contributed by atoms with Gasteiger partial charge in [-0.05, 0) is 13.3 Å². The van der Waals surface area contributed by atoms with Gasteiger partial charge in [0.1, 0.15) is 0 Å². The molecule has 0 aliphatic rings. The molecule has 0 aliphatic carbocycles. The van der Waals surface area contributed by atoms with Crippen molar-refractivity contribution in [3.8, 4) is 0 Å². The van der Waals surface area contributed by atoms with Crippen LogP contribution in [-0.4, -0.2) is 24.1 Å². The van der Waals surface area contributed by atoms with Gasteiger partial charge in [0.15, 0.2) is 0 Å². The number of hydrogen-bond acceptors (Lipinski definition) is 3. The first kappa shape index (κ1) is 15.3. The van der Waals surface area contributed by atoms with Crippen molar-refractivity contribution >= 4 is 17.5 Å². The molecular weight excluding hydrogens is 218 g/mol. The molecule has 2 amide bonds. The predicted molar refractivity (Wildman–Crippen MR) is 68.6 cm³/mol. The standard InChI is InChI=1S/C12H21N3O2/c1-4-6-7-11(16)15-14-10(3)9-12(17)13-8-5-2/h5H,2,4,6-9H2,1,3H3,(H,13,17)(H,15,16). The molecule has 0 saturated heterocycles. The van der Waals surface area contributed by atoms with Gasteiger partial charge in [0, 0.05) is 18.7 Å². The Bertz CT molecular complexity index is 298. The van der Waals surface area contributed by atoms with Crippen LogP contribution in [0.3, 0.4) is 0 Å². The van der Waals surface area contributed by atoms with Gasteiger partial charge in [-0.15, -0.1) is 6.58 Å². The number of hydrogen-bond donors (Lipinski definition) is 2. The van der Waals surface area contributed by atoms with Crippen molar-refractivity contribution in [1.82, 2.24) is 10.7 Å². The molecule has 5 heteroatoms. The van der Waals surface area contributed by atoms with Crippen LogP contribution in [0.4, 0.5) is 0 Å². The molecule has 0 radical (unpaired) electrons. The van der Waals surface area contributed by atoms with Crippen molar-refractivity contribution in [2.24, 2.45) is 5.10 Å². The highest BCUT2D eigenvalue weighted by Crippen LogP contribution is 1.93. The molecule has 0 rings (SSSR count). The molecule has 0 aliphatic heterocycles. The largest absolute Gasteiger partial charge is 0.352 e. The van der Waals surface area contributed by atoms with Crippen molar-refractivity contribution in [2.45, 2.75) is 39.5 Å². The molecule has 0 bridgehead atoms. The van der Waals surface area contributed by atoms with E-state index in [1.165, 1.54) is 0 Å². The highest BCUT2D eigenvalue weighted by Gasteiger charge is 2.03. The molecule has 0 unspecified atom stereocenters. The molecular formula is C12H21N3O2. The smallest absolute Gasteiger partial charge is 0.240 e. The van der Waals surface area contributed by atoms with E-state index in [1.54, 1.807) is 13.0 Å². The highest BCUT2D eigenvalue weighted by molar-refractivity contribution is 6.00. The summed E-state index contributed by atoms with van der Waals surface area (Å²) in [6.45, 7) is 7.66. The third-order valence-corrected chi connectivity index (χ3v) is 1.99. The summed E-state index contributed by atoms with van der Waals surface area (Å²) in [6.07, 6.45) is 4.08. The van der Waals surface area contributed by atoms with Crippen LogP contribution in [0.1, 0.15) is 39.5 Å². The van der Waals surface area contributed by atoms with Gasteiger partial charge in [-0.1, -0.05) is 19.4 Å². The minimum absolute atomic E-state index is 0.113. The number of carbonyl (C=O) groups is 2.